The summed E-state index contributed by atoms with van der Waals surface area (Å²) in [5.41, 5.74) is 1.74. The molecule has 6 nitrogen and oxygen atoms in total. The summed E-state index contributed by atoms with van der Waals surface area (Å²) in [6, 6.07) is 13.4. The second-order valence-electron chi connectivity index (χ2n) is 6.39. The molecule has 0 saturated carbocycles. The summed E-state index contributed by atoms with van der Waals surface area (Å²) in [7, 11) is 0. The summed E-state index contributed by atoms with van der Waals surface area (Å²) in [4.78, 5) is 26.0. The van der Waals surface area contributed by atoms with Crippen molar-refractivity contribution in [2.75, 3.05) is 22.5 Å². The SMILES string of the molecule is O=C(CSc1nnc(Nc2ccccc2F)s1)c1ccc(N2CCCC2=O)cc1. The number of nitrogens with one attached hydrogen (secondary N) is 1. The molecule has 1 fully saturated rings. The minimum atomic E-state index is -0.369. The average Bonchev–Trinajstić information content (AvgIpc) is 3.37. The molecule has 29 heavy (non-hydrogen) atoms. The van der Waals surface area contributed by atoms with Gasteiger partial charge in [-0.1, -0.05) is 35.2 Å². The lowest BCUT2D eigenvalue weighted by Crippen LogP contribution is -2.23. The van der Waals surface area contributed by atoms with E-state index in [1.807, 2.05) is 12.1 Å². The van der Waals surface area contributed by atoms with Crippen LogP contribution in [0.15, 0.2) is 52.9 Å². The van der Waals surface area contributed by atoms with Gasteiger partial charge < -0.3 is 10.2 Å². The number of para-hydroxylation sites is 1. The molecule has 1 N–H and O–H groups in total. The Labute approximate surface area is 175 Å². The van der Waals surface area contributed by atoms with E-state index in [9.17, 15) is 14.0 Å². The number of Topliss-reactive ketones (excluding diaryl/α,β-unsaturated/α-hetero) is 1. The quantitative estimate of drug-likeness (QED) is 0.440. The van der Waals surface area contributed by atoms with Crippen LogP contribution in [0.2, 0.25) is 0 Å². The molecule has 3 aromatic rings. The number of halogens is 1. The van der Waals surface area contributed by atoms with E-state index in [-0.39, 0.29) is 23.3 Å². The number of hydrogen-bond donors (Lipinski definition) is 1. The van der Waals surface area contributed by atoms with Crippen molar-refractivity contribution in [3.8, 4) is 0 Å². The van der Waals surface area contributed by atoms with Crippen LogP contribution in [0.4, 0.5) is 20.9 Å². The third kappa shape index (κ3) is 4.63. The Bertz CT molecular complexity index is 1040. The second-order valence-corrected chi connectivity index (χ2v) is 8.59. The number of anilines is 3. The van der Waals surface area contributed by atoms with Crippen molar-refractivity contribution < 1.29 is 14.0 Å². The van der Waals surface area contributed by atoms with Crippen LogP contribution in [0.3, 0.4) is 0 Å². The maximum atomic E-state index is 13.7. The van der Waals surface area contributed by atoms with Crippen LogP contribution in [0.5, 0.6) is 0 Å². The third-order valence-electron chi connectivity index (χ3n) is 4.42. The average molecular weight is 429 g/mol. The fraction of sp³-hybridized carbons (Fsp3) is 0.200. The number of aromatic nitrogens is 2. The van der Waals surface area contributed by atoms with Crippen molar-refractivity contribution in [1.82, 2.24) is 10.2 Å². The zero-order valence-electron chi connectivity index (χ0n) is 15.3. The molecule has 0 aliphatic carbocycles. The number of ketones is 1. The lowest BCUT2D eigenvalue weighted by atomic mass is 10.1. The Hall–Kier alpha value is -2.78. The van der Waals surface area contributed by atoms with Gasteiger partial charge in [0.1, 0.15) is 5.82 Å². The molecule has 1 aromatic heterocycles. The van der Waals surface area contributed by atoms with Crippen molar-refractivity contribution in [3.05, 3.63) is 59.9 Å². The first-order chi connectivity index (χ1) is 14.1. The minimum Gasteiger partial charge on any atom is -0.328 e. The van der Waals surface area contributed by atoms with E-state index in [1.165, 1.54) is 29.2 Å². The number of carbonyl (C=O) groups is 2. The van der Waals surface area contributed by atoms with E-state index < -0.39 is 0 Å². The highest BCUT2D eigenvalue weighted by Gasteiger charge is 2.21. The van der Waals surface area contributed by atoms with Gasteiger partial charge in [-0.15, -0.1) is 10.2 Å². The first-order valence-electron chi connectivity index (χ1n) is 9.01. The molecule has 2 aromatic carbocycles. The van der Waals surface area contributed by atoms with E-state index in [2.05, 4.69) is 15.5 Å². The molecule has 1 saturated heterocycles. The number of carbonyl (C=O) groups excluding carboxylic acids is 2. The van der Waals surface area contributed by atoms with Gasteiger partial charge in [0.05, 0.1) is 11.4 Å². The Balaban J connectivity index is 1.33. The van der Waals surface area contributed by atoms with E-state index in [0.29, 0.717) is 27.1 Å². The zero-order chi connectivity index (χ0) is 20.2. The summed E-state index contributed by atoms with van der Waals surface area (Å²) in [5, 5.41) is 11.4. The highest BCUT2D eigenvalue weighted by atomic mass is 32.2. The standard InChI is InChI=1S/C20H17FN4O2S2/c21-15-4-1-2-5-16(15)22-19-23-24-20(29-19)28-12-17(26)13-7-9-14(10-8-13)25-11-3-6-18(25)27/h1-2,4-5,7-10H,3,6,11-12H2,(H,22,23). The normalized spacial score (nSPS) is 13.7. The maximum Gasteiger partial charge on any atom is 0.227 e. The Morgan fingerprint density at radius 2 is 1.97 bits per heavy atom. The molecular weight excluding hydrogens is 411 g/mol. The van der Waals surface area contributed by atoms with Gasteiger partial charge in [-0.05, 0) is 42.8 Å². The highest BCUT2D eigenvalue weighted by molar-refractivity contribution is 8.01. The first-order valence-corrected chi connectivity index (χ1v) is 10.8. The van der Waals surface area contributed by atoms with Gasteiger partial charge in [-0.25, -0.2) is 4.39 Å². The molecular formula is C20H17FN4O2S2. The van der Waals surface area contributed by atoms with Crippen LogP contribution in [0, 0.1) is 5.82 Å². The topological polar surface area (TPSA) is 75.2 Å². The summed E-state index contributed by atoms with van der Waals surface area (Å²) in [6.07, 6.45) is 1.44. The van der Waals surface area contributed by atoms with Crippen LogP contribution in [0.25, 0.3) is 0 Å². The van der Waals surface area contributed by atoms with Gasteiger partial charge in [0.15, 0.2) is 10.1 Å². The number of thioether (sulfide) groups is 1. The molecule has 1 aliphatic rings. The molecule has 1 aliphatic heterocycles. The lowest BCUT2D eigenvalue weighted by Gasteiger charge is -2.15. The van der Waals surface area contributed by atoms with E-state index in [4.69, 9.17) is 0 Å². The fourth-order valence-electron chi connectivity index (χ4n) is 2.96. The summed E-state index contributed by atoms with van der Waals surface area (Å²) >= 11 is 2.55. The molecule has 0 radical (unpaired) electrons. The number of nitrogens with zero attached hydrogens (tertiary/aromatic N) is 3. The monoisotopic (exact) mass is 428 g/mol. The van der Waals surface area contributed by atoms with Crippen molar-refractivity contribution in [2.45, 2.75) is 17.2 Å². The van der Waals surface area contributed by atoms with Gasteiger partial charge in [-0.2, -0.15) is 0 Å². The lowest BCUT2D eigenvalue weighted by molar-refractivity contribution is -0.117. The molecule has 0 spiro atoms. The molecule has 2 heterocycles. The van der Waals surface area contributed by atoms with Crippen molar-refractivity contribution in [3.63, 3.8) is 0 Å². The Morgan fingerprint density at radius 1 is 1.17 bits per heavy atom. The van der Waals surface area contributed by atoms with Crippen LogP contribution in [0.1, 0.15) is 23.2 Å². The van der Waals surface area contributed by atoms with Gasteiger partial charge in [0.2, 0.25) is 11.0 Å². The predicted molar refractivity (Wildman–Crippen MR) is 113 cm³/mol. The number of hydrogen-bond acceptors (Lipinski definition) is 7. The first kappa shape index (κ1) is 19.5. The number of amides is 1. The zero-order valence-corrected chi connectivity index (χ0v) is 16.9. The molecule has 0 unspecified atom stereocenters. The summed E-state index contributed by atoms with van der Waals surface area (Å²) in [6.45, 7) is 0.724. The van der Waals surface area contributed by atoms with Crippen LogP contribution in [-0.4, -0.2) is 34.2 Å². The maximum absolute atomic E-state index is 13.7. The van der Waals surface area contributed by atoms with E-state index in [1.54, 1.807) is 35.2 Å². The molecule has 4 rings (SSSR count). The summed E-state index contributed by atoms with van der Waals surface area (Å²) < 4.78 is 14.3. The highest BCUT2D eigenvalue weighted by Crippen LogP contribution is 2.29. The second kappa shape index (κ2) is 8.71. The van der Waals surface area contributed by atoms with Gasteiger partial charge >= 0.3 is 0 Å². The fourth-order valence-corrected chi connectivity index (χ4v) is 4.61. The Kier molecular flexibility index (Phi) is 5.86. The summed E-state index contributed by atoms with van der Waals surface area (Å²) in [5.74, 6) is -0.0639. The predicted octanol–water partition coefficient (Wildman–Crippen LogP) is 4.52. The molecule has 9 heteroatoms. The smallest absolute Gasteiger partial charge is 0.227 e. The largest absolute Gasteiger partial charge is 0.328 e. The van der Waals surface area contributed by atoms with Gasteiger partial charge in [0.25, 0.3) is 0 Å². The van der Waals surface area contributed by atoms with Gasteiger partial charge in [-0.3, -0.25) is 9.59 Å². The molecule has 148 valence electrons. The third-order valence-corrected chi connectivity index (χ3v) is 6.40. The number of benzene rings is 2. The van der Waals surface area contributed by atoms with Crippen molar-refractivity contribution in [2.24, 2.45) is 0 Å². The molecule has 0 atom stereocenters. The van der Waals surface area contributed by atoms with Crippen LogP contribution >= 0.6 is 23.1 Å². The molecule has 0 bridgehead atoms. The van der Waals surface area contributed by atoms with E-state index >= 15 is 0 Å². The molecule has 1 amide bonds. The van der Waals surface area contributed by atoms with Crippen LogP contribution < -0.4 is 10.2 Å². The Morgan fingerprint density at radius 3 is 2.69 bits per heavy atom. The van der Waals surface area contributed by atoms with E-state index in [0.717, 1.165) is 18.7 Å². The van der Waals surface area contributed by atoms with Crippen molar-refractivity contribution in [1.29, 1.82) is 0 Å². The number of rotatable bonds is 7. The van der Waals surface area contributed by atoms with Gasteiger partial charge in [0, 0.05) is 24.2 Å². The minimum absolute atomic E-state index is 0.0342. The van der Waals surface area contributed by atoms with Crippen molar-refractivity contribution >= 4 is 51.3 Å². The van der Waals surface area contributed by atoms with Crippen LogP contribution in [-0.2, 0) is 4.79 Å².